The van der Waals surface area contributed by atoms with Crippen LogP contribution in [0.25, 0.3) is 0 Å². The number of carboxylic acids is 1. The molecule has 0 bridgehead atoms. The lowest BCUT2D eigenvalue weighted by Crippen LogP contribution is -2.04. The van der Waals surface area contributed by atoms with Crippen LogP contribution >= 0.6 is 0 Å². The predicted octanol–water partition coefficient (Wildman–Crippen LogP) is 0.517. The van der Waals surface area contributed by atoms with Crippen LogP contribution in [0, 0.1) is 0 Å². The van der Waals surface area contributed by atoms with Crippen LogP contribution in [-0.2, 0) is 7.05 Å². The molecule has 0 aliphatic rings. The molecule has 66 valence electrons. The molecular weight excluding hydrogens is 160 g/mol. The quantitative estimate of drug-likeness (QED) is 0.718. The summed E-state index contributed by atoms with van der Waals surface area (Å²) in [5.41, 5.74) is 0.124. The lowest BCUT2D eigenvalue weighted by Gasteiger charge is -1.93. The molecule has 1 heterocycles. The Bertz CT molecular complexity index is 293. The van der Waals surface area contributed by atoms with Crippen molar-refractivity contribution in [1.29, 1.82) is 0 Å². The van der Waals surface area contributed by atoms with Crippen molar-refractivity contribution in [2.45, 2.75) is 6.92 Å². The van der Waals surface area contributed by atoms with Gasteiger partial charge in [0, 0.05) is 13.1 Å². The van der Waals surface area contributed by atoms with Gasteiger partial charge in [0.1, 0.15) is 5.69 Å². The molecule has 5 heteroatoms. The lowest BCUT2D eigenvalue weighted by molar-refractivity contribution is 0.0685. The number of ether oxygens (including phenoxy) is 1. The minimum Gasteiger partial charge on any atom is -0.477 e. The third kappa shape index (κ3) is 1.55. The number of rotatable bonds is 3. The van der Waals surface area contributed by atoms with E-state index in [9.17, 15) is 4.79 Å². The molecule has 0 aromatic carbocycles. The van der Waals surface area contributed by atoms with Crippen LogP contribution in [0.4, 0.5) is 0 Å². The summed E-state index contributed by atoms with van der Waals surface area (Å²) in [5, 5.41) is 12.5. The second kappa shape index (κ2) is 3.25. The molecule has 1 rings (SSSR count). The Kier molecular flexibility index (Phi) is 2.32. The van der Waals surface area contributed by atoms with Crippen molar-refractivity contribution in [3.63, 3.8) is 0 Å². The summed E-state index contributed by atoms with van der Waals surface area (Å²) in [6.45, 7) is 2.30. The van der Waals surface area contributed by atoms with Crippen LogP contribution in [0.2, 0.25) is 0 Å². The summed E-state index contributed by atoms with van der Waals surface area (Å²) in [4.78, 5) is 10.5. The maximum absolute atomic E-state index is 10.5. The normalized spacial score (nSPS) is 9.83. The third-order valence-electron chi connectivity index (χ3n) is 1.37. The fraction of sp³-hybridized carbons (Fsp3) is 0.429. The SMILES string of the molecule is CCOc1cc(C(=O)O)n(C)n1. The molecule has 0 aliphatic heterocycles. The van der Waals surface area contributed by atoms with Gasteiger partial charge in [-0.2, -0.15) is 0 Å². The van der Waals surface area contributed by atoms with Gasteiger partial charge >= 0.3 is 5.97 Å². The van der Waals surface area contributed by atoms with Crippen LogP contribution in [0.15, 0.2) is 6.07 Å². The van der Waals surface area contributed by atoms with Gasteiger partial charge < -0.3 is 9.84 Å². The van der Waals surface area contributed by atoms with E-state index in [1.165, 1.54) is 10.7 Å². The number of aromatic carboxylic acids is 1. The summed E-state index contributed by atoms with van der Waals surface area (Å²) >= 11 is 0. The summed E-state index contributed by atoms with van der Waals surface area (Å²) in [7, 11) is 1.56. The first kappa shape index (κ1) is 8.58. The van der Waals surface area contributed by atoms with E-state index in [-0.39, 0.29) is 5.69 Å². The molecule has 12 heavy (non-hydrogen) atoms. The maximum atomic E-state index is 10.5. The summed E-state index contributed by atoms with van der Waals surface area (Å²) < 4.78 is 6.29. The van der Waals surface area contributed by atoms with Gasteiger partial charge in [-0.15, -0.1) is 5.10 Å². The standard InChI is InChI=1S/C7H10N2O3/c1-3-12-6-4-5(7(10)11)9(2)8-6/h4H,3H2,1-2H3,(H,10,11). The van der Waals surface area contributed by atoms with Gasteiger partial charge in [-0.1, -0.05) is 0 Å². The lowest BCUT2D eigenvalue weighted by atomic mass is 10.4. The Morgan fingerprint density at radius 1 is 1.83 bits per heavy atom. The molecule has 1 N–H and O–H groups in total. The van der Waals surface area contributed by atoms with Gasteiger partial charge in [-0.3, -0.25) is 4.68 Å². The van der Waals surface area contributed by atoms with Gasteiger partial charge in [-0.25, -0.2) is 4.79 Å². The summed E-state index contributed by atoms with van der Waals surface area (Å²) in [6.07, 6.45) is 0. The van der Waals surface area contributed by atoms with Gasteiger partial charge in [0.2, 0.25) is 5.88 Å². The fourth-order valence-corrected chi connectivity index (χ4v) is 0.860. The topological polar surface area (TPSA) is 64.3 Å². The summed E-state index contributed by atoms with van der Waals surface area (Å²) in [5.74, 6) is -0.659. The highest BCUT2D eigenvalue weighted by Crippen LogP contribution is 2.10. The van der Waals surface area contributed by atoms with Crippen molar-refractivity contribution in [2.24, 2.45) is 7.05 Å². The monoisotopic (exact) mass is 170 g/mol. The molecule has 1 aromatic heterocycles. The minimum absolute atomic E-state index is 0.124. The van der Waals surface area contributed by atoms with Crippen molar-refractivity contribution in [3.05, 3.63) is 11.8 Å². The first-order chi connectivity index (χ1) is 5.65. The molecule has 0 amide bonds. The molecule has 1 aromatic rings. The minimum atomic E-state index is -1.00. The van der Waals surface area contributed by atoms with Crippen molar-refractivity contribution >= 4 is 5.97 Å². The first-order valence-corrected chi connectivity index (χ1v) is 3.55. The zero-order valence-corrected chi connectivity index (χ0v) is 6.94. The number of hydrogen-bond donors (Lipinski definition) is 1. The van der Waals surface area contributed by atoms with Crippen molar-refractivity contribution in [2.75, 3.05) is 6.61 Å². The number of aromatic nitrogens is 2. The Morgan fingerprint density at radius 2 is 2.50 bits per heavy atom. The van der Waals surface area contributed by atoms with Gasteiger partial charge in [0.05, 0.1) is 6.61 Å². The van der Waals surface area contributed by atoms with E-state index in [1.807, 2.05) is 6.92 Å². The van der Waals surface area contributed by atoms with Crippen LogP contribution in [0.3, 0.4) is 0 Å². The number of carbonyl (C=O) groups is 1. The Balaban J connectivity index is 2.92. The average Bonchev–Trinajstić information content (AvgIpc) is 2.32. The molecule has 0 spiro atoms. The zero-order chi connectivity index (χ0) is 9.14. The number of aryl methyl sites for hydroxylation is 1. The van der Waals surface area contributed by atoms with E-state index in [0.29, 0.717) is 12.5 Å². The highest BCUT2D eigenvalue weighted by atomic mass is 16.5. The molecule has 0 saturated carbocycles. The van der Waals surface area contributed by atoms with E-state index in [0.717, 1.165) is 0 Å². The van der Waals surface area contributed by atoms with E-state index in [2.05, 4.69) is 5.10 Å². The second-order valence-electron chi connectivity index (χ2n) is 2.23. The van der Waals surface area contributed by atoms with Gasteiger partial charge in [-0.05, 0) is 6.92 Å². The molecule has 0 fully saturated rings. The number of nitrogens with zero attached hydrogens (tertiary/aromatic N) is 2. The molecule has 0 saturated heterocycles. The number of hydrogen-bond acceptors (Lipinski definition) is 3. The molecule has 5 nitrogen and oxygen atoms in total. The Labute approximate surface area is 69.6 Å². The van der Waals surface area contributed by atoms with E-state index in [1.54, 1.807) is 7.05 Å². The van der Waals surface area contributed by atoms with Gasteiger partial charge in [0.15, 0.2) is 0 Å². The van der Waals surface area contributed by atoms with Crippen molar-refractivity contribution in [3.8, 4) is 5.88 Å². The van der Waals surface area contributed by atoms with Gasteiger partial charge in [0.25, 0.3) is 0 Å². The first-order valence-electron chi connectivity index (χ1n) is 3.55. The number of carboxylic acid groups (broad SMARTS) is 1. The predicted molar refractivity (Wildman–Crippen MR) is 41.3 cm³/mol. The zero-order valence-electron chi connectivity index (χ0n) is 6.94. The molecule has 0 radical (unpaired) electrons. The molecular formula is C7H10N2O3. The van der Waals surface area contributed by atoms with Crippen LogP contribution in [-0.4, -0.2) is 27.5 Å². The molecule has 0 atom stereocenters. The fourth-order valence-electron chi connectivity index (χ4n) is 0.860. The van der Waals surface area contributed by atoms with E-state index >= 15 is 0 Å². The average molecular weight is 170 g/mol. The summed E-state index contributed by atoms with van der Waals surface area (Å²) in [6, 6.07) is 1.39. The largest absolute Gasteiger partial charge is 0.477 e. The highest BCUT2D eigenvalue weighted by molar-refractivity contribution is 5.85. The van der Waals surface area contributed by atoms with E-state index in [4.69, 9.17) is 9.84 Å². The van der Waals surface area contributed by atoms with Crippen molar-refractivity contribution in [1.82, 2.24) is 9.78 Å². The van der Waals surface area contributed by atoms with Crippen LogP contribution in [0.1, 0.15) is 17.4 Å². The van der Waals surface area contributed by atoms with Crippen LogP contribution < -0.4 is 4.74 Å². The second-order valence-corrected chi connectivity index (χ2v) is 2.23. The maximum Gasteiger partial charge on any atom is 0.354 e. The Hall–Kier alpha value is -1.52. The Morgan fingerprint density at radius 3 is 2.92 bits per heavy atom. The van der Waals surface area contributed by atoms with Crippen LogP contribution in [0.5, 0.6) is 5.88 Å². The highest BCUT2D eigenvalue weighted by Gasteiger charge is 2.11. The van der Waals surface area contributed by atoms with E-state index < -0.39 is 5.97 Å². The van der Waals surface area contributed by atoms with Crippen molar-refractivity contribution < 1.29 is 14.6 Å². The smallest absolute Gasteiger partial charge is 0.354 e. The molecule has 0 aliphatic carbocycles. The molecule has 0 unspecified atom stereocenters. The third-order valence-corrected chi connectivity index (χ3v) is 1.37.